The second kappa shape index (κ2) is 2.65. The van der Waals surface area contributed by atoms with E-state index in [-0.39, 0.29) is 4.77 Å². The second-order valence-corrected chi connectivity index (χ2v) is 2.29. The van der Waals surface area contributed by atoms with Gasteiger partial charge in [0.15, 0.2) is 4.77 Å². The van der Waals surface area contributed by atoms with E-state index in [1.54, 1.807) is 0 Å². The van der Waals surface area contributed by atoms with Gasteiger partial charge in [-0.15, -0.1) is 0 Å². The molecule has 0 aliphatic carbocycles. The molecule has 0 saturated heterocycles. The summed E-state index contributed by atoms with van der Waals surface area (Å²) in [6.07, 6.45) is -3.24. The first-order chi connectivity index (χ1) is 4.99. The number of halogens is 3. The average Bonchev–Trinajstić information content (AvgIpc) is 2.12. The summed E-state index contributed by atoms with van der Waals surface area (Å²) in [6.45, 7) is -1.09. The Balaban J connectivity index is 2.80. The highest BCUT2D eigenvalue weighted by atomic mass is 32.1. The van der Waals surface area contributed by atoms with Crippen molar-refractivity contribution in [2.75, 3.05) is 0 Å². The molecule has 1 rings (SSSR count). The summed E-state index contributed by atoms with van der Waals surface area (Å²) >= 11 is 4.50. The topological polar surface area (TPSA) is 33.6 Å². The molecule has 1 aromatic rings. The molecule has 0 radical (unpaired) electrons. The summed E-state index contributed by atoms with van der Waals surface area (Å²) in [7, 11) is 0. The normalized spacial score (nSPS) is 11.9. The van der Waals surface area contributed by atoms with Crippen molar-refractivity contribution >= 4 is 12.2 Å². The lowest BCUT2D eigenvalue weighted by Gasteiger charge is -2.04. The van der Waals surface area contributed by atoms with Crippen LogP contribution in [0.1, 0.15) is 0 Å². The zero-order valence-electron chi connectivity index (χ0n) is 5.22. The number of rotatable bonds is 1. The molecule has 0 aliphatic heterocycles. The molecule has 0 bridgehead atoms. The molecular formula is C4H4F3N3S. The SMILES string of the molecule is FC(F)(F)Cn1cn[nH]c1=S. The molecule has 1 N–H and O–H groups in total. The molecule has 7 heteroatoms. The fourth-order valence-corrected chi connectivity index (χ4v) is 0.741. The number of hydrogen-bond donors (Lipinski definition) is 1. The average molecular weight is 183 g/mol. The van der Waals surface area contributed by atoms with Crippen molar-refractivity contribution in [3.05, 3.63) is 11.1 Å². The van der Waals surface area contributed by atoms with Crippen molar-refractivity contribution in [3.63, 3.8) is 0 Å². The number of alkyl halides is 3. The maximum atomic E-state index is 11.7. The molecule has 1 heterocycles. The zero-order valence-corrected chi connectivity index (χ0v) is 6.04. The van der Waals surface area contributed by atoms with Crippen LogP contribution >= 0.6 is 12.2 Å². The predicted octanol–water partition coefficient (Wildman–Crippen LogP) is 1.50. The van der Waals surface area contributed by atoms with Crippen LogP contribution < -0.4 is 0 Å². The molecule has 0 fully saturated rings. The van der Waals surface area contributed by atoms with Crippen molar-refractivity contribution in [3.8, 4) is 0 Å². The van der Waals surface area contributed by atoms with Gasteiger partial charge in [0.2, 0.25) is 0 Å². The van der Waals surface area contributed by atoms with Gasteiger partial charge in [-0.1, -0.05) is 0 Å². The fourth-order valence-electron chi connectivity index (χ4n) is 0.576. The van der Waals surface area contributed by atoms with Crippen LogP contribution in [0.3, 0.4) is 0 Å². The molecule has 0 atom stereocenters. The Kier molecular flexibility index (Phi) is 1.99. The Labute approximate surface area is 64.8 Å². The summed E-state index contributed by atoms with van der Waals surface area (Å²) in [5, 5.41) is 5.56. The summed E-state index contributed by atoms with van der Waals surface area (Å²) in [5.74, 6) is 0. The molecule has 0 aromatic carbocycles. The van der Waals surface area contributed by atoms with Gasteiger partial charge in [-0.25, -0.2) is 0 Å². The standard InChI is InChI=1S/C4H4F3N3S/c5-4(6,7)1-10-2-8-9-3(10)11/h2H,1H2,(H,9,11). The van der Waals surface area contributed by atoms with E-state index in [0.29, 0.717) is 0 Å². The molecule has 0 spiro atoms. The van der Waals surface area contributed by atoms with E-state index in [0.717, 1.165) is 10.9 Å². The van der Waals surface area contributed by atoms with Crippen LogP contribution in [-0.4, -0.2) is 20.9 Å². The predicted molar refractivity (Wildman–Crippen MR) is 33.5 cm³/mol. The fraction of sp³-hybridized carbons (Fsp3) is 0.500. The molecule has 0 aliphatic rings. The van der Waals surface area contributed by atoms with Gasteiger partial charge in [-0.05, 0) is 12.2 Å². The minimum absolute atomic E-state index is 0.0256. The second-order valence-electron chi connectivity index (χ2n) is 1.90. The van der Waals surface area contributed by atoms with Gasteiger partial charge >= 0.3 is 6.18 Å². The van der Waals surface area contributed by atoms with E-state index in [9.17, 15) is 13.2 Å². The Hall–Kier alpha value is -0.850. The van der Waals surface area contributed by atoms with Crippen LogP contribution in [0.4, 0.5) is 13.2 Å². The van der Waals surface area contributed by atoms with Crippen molar-refractivity contribution in [1.29, 1.82) is 0 Å². The number of nitrogens with zero attached hydrogens (tertiary/aromatic N) is 2. The number of hydrogen-bond acceptors (Lipinski definition) is 2. The van der Waals surface area contributed by atoms with Crippen molar-refractivity contribution in [2.45, 2.75) is 12.7 Å². The van der Waals surface area contributed by atoms with E-state index in [4.69, 9.17) is 0 Å². The van der Waals surface area contributed by atoms with Gasteiger partial charge in [0.1, 0.15) is 12.9 Å². The van der Waals surface area contributed by atoms with Crippen LogP contribution in [0.2, 0.25) is 0 Å². The Morgan fingerprint density at radius 2 is 2.27 bits per heavy atom. The van der Waals surface area contributed by atoms with E-state index in [1.165, 1.54) is 0 Å². The summed E-state index contributed by atoms with van der Waals surface area (Å²) < 4.78 is 35.9. The first-order valence-corrected chi connectivity index (χ1v) is 3.06. The minimum Gasteiger partial charge on any atom is -0.298 e. The van der Waals surface area contributed by atoms with Gasteiger partial charge in [0, 0.05) is 0 Å². The molecule has 0 amide bonds. The van der Waals surface area contributed by atoms with Gasteiger partial charge < -0.3 is 0 Å². The molecular weight excluding hydrogens is 179 g/mol. The molecule has 0 saturated carbocycles. The third-order valence-electron chi connectivity index (χ3n) is 0.968. The first-order valence-electron chi connectivity index (χ1n) is 2.65. The third kappa shape index (κ3) is 2.34. The van der Waals surface area contributed by atoms with E-state index < -0.39 is 12.7 Å². The number of H-pyrrole nitrogens is 1. The summed E-state index contributed by atoms with van der Waals surface area (Å²) in [5.41, 5.74) is 0. The quantitative estimate of drug-likeness (QED) is 0.669. The monoisotopic (exact) mass is 183 g/mol. The highest BCUT2D eigenvalue weighted by molar-refractivity contribution is 7.71. The van der Waals surface area contributed by atoms with Crippen LogP contribution in [0.15, 0.2) is 6.33 Å². The Bertz CT molecular complexity index is 285. The lowest BCUT2D eigenvalue weighted by Crippen LogP contribution is -2.17. The van der Waals surface area contributed by atoms with Crippen LogP contribution in [0.5, 0.6) is 0 Å². The largest absolute Gasteiger partial charge is 0.406 e. The molecule has 1 aromatic heterocycles. The van der Waals surface area contributed by atoms with Crippen molar-refractivity contribution in [1.82, 2.24) is 14.8 Å². The lowest BCUT2D eigenvalue weighted by atomic mass is 10.6. The number of nitrogens with one attached hydrogen (secondary N) is 1. The van der Waals surface area contributed by atoms with Gasteiger partial charge in [0.05, 0.1) is 0 Å². The third-order valence-corrected chi connectivity index (χ3v) is 1.29. The van der Waals surface area contributed by atoms with Crippen LogP contribution in [0, 0.1) is 4.77 Å². The highest BCUT2D eigenvalue weighted by Crippen LogP contribution is 2.16. The summed E-state index contributed by atoms with van der Waals surface area (Å²) in [6, 6.07) is 0. The van der Waals surface area contributed by atoms with Crippen LogP contribution in [-0.2, 0) is 6.54 Å². The number of aromatic amines is 1. The van der Waals surface area contributed by atoms with Crippen molar-refractivity contribution in [2.24, 2.45) is 0 Å². The maximum Gasteiger partial charge on any atom is 0.406 e. The number of aromatic nitrogens is 3. The van der Waals surface area contributed by atoms with E-state index >= 15 is 0 Å². The smallest absolute Gasteiger partial charge is 0.298 e. The molecule has 11 heavy (non-hydrogen) atoms. The first kappa shape index (κ1) is 8.25. The minimum atomic E-state index is -4.25. The maximum absolute atomic E-state index is 11.7. The van der Waals surface area contributed by atoms with E-state index in [1.807, 2.05) is 0 Å². The van der Waals surface area contributed by atoms with Gasteiger partial charge in [-0.3, -0.25) is 9.67 Å². The molecule has 62 valence electrons. The highest BCUT2D eigenvalue weighted by Gasteiger charge is 2.28. The van der Waals surface area contributed by atoms with Crippen molar-refractivity contribution < 1.29 is 13.2 Å². The summed E-state index contributed by atoms with van der Waals surface area (Å²) in [4.78, 5) is 0. The van der Waals surface area contributed by atoms with Crippen LogP contribution in [0.25, 0.3) is 0 Å². The molecule has 3 nitrogen and oxygen atoms in total. The lowest BCUT2D eigenvalue weighted by molar-refractivity contribution is -0.140. The van der Waals surface area contributed by atoms with Gasteiger partial charge in [-0.2, -0.15) is 18.3 Å². The Morgan fingerprint density at radius 3 is 2.64 bits per heavy atom. The zero-order chi connectivity index (χ0) is 8.48. The van der Waals surface area contributed by atoms with E-state index in [2.05, 4.69) is 22.4 Å². The Morgan fingerprint density at radius 1 is 1.64 bits per heavy atom. The molecule has 0 unspecified atom stereocenters. The van der Waals surface area contributed by atoms with Gasteiger partial charge in [0.25, 0.3) is 0 Å².